The number of benzene rings is 1. The van der Waals surface area contributed by atoms with Crippen molar-refractivity contribution in [2.45, 2.75) is 24.9 Å². The topological polar surface area (TPSA) is 137 Å². The van der Waals surface area contributed by atoms with Crippen LogP contribution in [0.4, 0.5) is 14.6 Å². The minimum atomic E-state index is -1.05. The summed E-state index contributed by atoms with van der Waals surface area (Å²) in [5.74, 6) is -3.33. The quantitative estimate of drug-likeness (QED) is 0.594. The summed E-state index contributed by atoms with van der Waals surface area (Å²) in [4.78, 5) is 23.8. The Kier molecular flexibility index (Phi) is 4.50. The largest absolute Gasteiger partial charge is 0.485 e. The summed E-state index contributed by atoms with van der Waals surface area (Å²) < 4.78 is 34.2. The van der Waals surface area contributed by atoms with Crippen LogP contribution in [0.15, 0.2) is 24.5 Å². The van der Waals surface area contributed by atoms with Gasteiger partial charge in [0.05, 0.1) is 16.9 Å². The number of pyridine rings is 1. The normalized spacial score (nSPS) is 15.1. The molecule has 1 saturated carbocycles. The Labute approximate surface area is 163 Å². The molecule has 0 radical (unpaired) electrons. The fourth-order valence-corrected chi connectivity index (χ4v) is 3.17. The molecule has 5 N–H and O–H groups in total. The predicted molar refractivity (Wildman–Crippen MR) is 99.9 cm³/mol. The van der Waals surface area contributed by atoms with Crippen LogP contribution in [0.3, 0.4) is 0 Å². The Bertz CT molecular complexity index is 1110. The second-order valence-electron chi connectivity index (χ2n) is 7.01. The van der Waals surface area contributed by atoms with Gasteiger partial charge in [0, 0.05) is 5.56 Å². The van der Waals surface area contributed by atoms with Gasteiger partial charge in [-0.1, -0.05) is 0 Å². The van der Waals surface area contributed by atoms with Gasteiger partial charge in [-0.3, -0.25) is 4.79 Å². The maximum Gasteiger partial charge on any atom is 0.251 e. The van der Waals surface area contributed by atoms with Gasteiger partial charge in [0.2, 0.25) is 0 Å². The van der Waals surface area contributed by atoms with Crippen molar-refractivity contribution in [2.24, 2.45) is 5.73 Å². The molecule has 3 aromatic rings. The van der Waals surface area contributed by atoms with Crippen molar-refractivity contribution in [3.8, 4) is 17.0 Å². The third-order valence-electron chi connectivity index (χ3n) is 4.95. The molecule has 1 aliphatic rings. The Morgan fingerprint density at radius 2 is 1.86 bits per heavy atom. The first-order chi connectivity index (χ1) is 13.8. The Morgan fingerprint density at radius 1 is 1.17 bits per heavy atom. The lowest BCUT2D eigenvalue weighted by Gasteiger charge is -2.36. The van der Waals surface area contributed by atoms with Crippen LogP contribution < -0.4 is 16.2 Å². The Balaban J connectivity index is 1.76. The van der Waals surface area contributed by atoms with Gasteiger partial charge in [0.1, 0.15) is 24.0 Å². The smallest absolute Gasteiger partial charge is 0.251 e. The summed E-state index contributed by atoms with van der Waals surface area (Å²) in [6, 6.07) is 3.31. The highest BCUT2D eigenvalue weighted by Crippen LogP contribution is 2.35. The van der Waals surface area contributed by atoms with Gasteiger partial charge < -0.3 is 21.3 Å². The number of aliphatic hydroxyl groups is 1. The van der Waals surface area contributed by atoms with Gasteiger partial charge in [-0.05, 0) is 37.5 Å². The van der Waals surface area contributed by atoms with Gasteiger partial charge in [0.15, 0.2) is 23.2 Å². The van der Waals surface area contributed by atoms with E-state index >= 15 is 0 Å². The highest BCUT2D eigenvalue weighted by Gasteiger charge is 2.35. The molecular weight excluding hydrogens is 384 g/mol. The standard InChI is InChI=1S/C19H17F2N5O3/c20-11-4-9(5-12(21)16(11)29-7-19(28)2-1-3-19)13-6-10(18(23)27)14-15(26-13)17(22)25-8-24-14/h4-6,8,28H,1-3,7H2,(H2,23,27)(H2,22,24,25). The first kappa shape index (κ1) is 18.9. The Hall–Kier alpha value is -3.40. The average molecular weight is 401 g/mol. The van der Waals surface area contributed by atoms with Crippen molar-refractivity contribution >= 4 is 22.8 Å². The second kappa shape index (κ2) is 6.89. The number of fused-ring (bicyclic) bond motifs is 1. The first-order valence-corrected chi connectivity index (χ1v) is 8.83. The van der Waals surface area contributed by atoms with Crippen LogP contribution in [0.25, 0.3) is 22.3 Å². The van der Waals surface area contributed by atoms with Crippen LogP contribution >= 0.6 is 0 Å². The summed E-state index contributed by atoms with van der Waals surface area (Å²) in [5, 5.41) is 10.0. The number of halogens is 2. The summed E-state index contributed by atoms with van der Waals surface area (Å²) in [5.41, 5.74) is 10.5. The molecule has 10 heteroatoms. The lowest BCUT2D eigenvalue weighted by molar-refractivity contribution is -0.0676. The van der Waals surface area contributed by atoms with Gasteiger partial charge >= 0.3 is 0 Å². The number of nitrogens with zero attached hydrogens (tertiary/aromatic N) is 3. The van der Waals surface area contributed by atoms with Crippen molar-refractivity contribution in [3.63, 3.8) is 0 Å². The molecule has 2 heterocycles. The maximum atomic E-state index is 14.5. The molecule has 8 nitrogen and oxygen atoms in total. The summed E-state index contributed by atoms with van der Waals surface area (Å²) in [6.45, 7) is -0.200. The van der Waals surface area contributed by atoms with E-state index in [1.165, 1.54) is 6.07 Å². The Morgan fingerprint density at radius 3 is 2.45 bits per heavy atom. The van der Waals surface area contributed by atoms with Gasteiger partial charge in [-0.2, -0.15) is 0 Å². The summed E-state index contributed by atoms with van der Waals surface area (Å²) in [7, 11) is 0. The van der Waals surface area contributed by atoms with Crippen LogP contribution in [-0.2, 0) is 0 Å². The molecule has 150 valence electrons. The number of ether oxygens (including phenoxy) is 1. The average Bonchev–Trinajstić information content (AvgIpc) is 2.65. The molecule has 1 amide bonds. The molecule has 0 spiro atoms. The zero-order valence-electron chi connectivity index (χ0n) is 15.2. The van der Waals surface area contributed by atoms with E-state index in [2.05, 4.69) is 15.0 Å². The first-order valence-electron chi connectivity index (χ1n) is 8.83. The van der Waals surface area contributed by atoms with E-state index in [0.717, 1.165) is 24.9 Å². The van der Waals surface area contributed by atoms with Crippen molar-refractivity contribution in [1.29, 1.82) is 0 Å². The number of aromatic nitrogens is 3. The van der Waals surface area contributed by atoms with Gasteiger partial charge in [-0.15, -0.1) is 0 Å². The van der Waals surface area contributed by atoms with Crippen molar-refractivity contribution in [3.05, 3.63) is 41.7 Å². The van der Waals surface area contributed by atoms with Crippen LogP contribution in [-0.4, -0.2) is 38.2 Å². The highest BCUT2D eigenvalue weighted by molar-refractivity contribution is 6.06. The number of amides is 1. The molecule has 0 bridgehead atoms. The molecule has 0 aliphatic heterocycles. The lowest BCUT2D eigenvalue weighted by atomic mass is 9.81. The molecule has 2 aromatic heterocycles. The number of hydrogen-bond donors (Lipinski definition) is 3. The third-order valence-corrected chi connectivity index (χ3v) is 4.95. The van der Waals surface area contributed by atoms with Crippen LogP contribution in [0.5, 0.6) is 5.75 Å². The van der Waals surface area contributed by atoms with Gasteiger partial charge in [-0.25, -0.2) is 23.7 Å². The van der Waals surface area contributed by atoms with Crippen molar-refractivity contribution < 1.29 is 23.4 Å². The highest BCUT2D eigenvalue weighted by atomic mass is 19.1. The van der Waals surface area contributed by atoms with E-state index in [-0.39, 0.29) is 40.3 Å². The lowest BCUT2D eigenvalue weighted by Crippen LogP contribution is -2.42. The van der Waals surface area contributed by atoms with Crippen LogP contribution in [0.2, 0.25) is 0 Å². The van der Waals surface area contributed by atoms with E-state index in [0.29, 0.717) is 12.8 Å². The predicted octanol–water partition coefficient (Wildman–Crippen LogP) is 1.94. The molecule has 1 aromatic carbocycles. The van der Waals surface area contributed by atoms with E-state index in [9.17, 15) is 18.7 Å². The van der Waals surface area contributed by atoms with Gasteiger partial charge in [0.25, 0.3) is 5.91 Å². The molecule has 4 rings (SSSR count). The van der Waals surface area contributed by atoms with Crippen molar-refractivity contribution in [1.82, 2.24) is 15.0 Å². The number of carbonyl (C=O) groups excluding carboxylic acids is 1. The summed E-state index contributed by atoms with van der Waals surface area (Å²) >= 11 is 0. The SMILES string of the molecule is NC(=O)c1cc(-c2cc(F)c(OCC3(O)CCC3)c(F)c2)nc2c(N)ncnc12. The molecule has 29 heavy (non-hydrogen) atoms. The third kappa shape index (κ3) is 3.42. The molecule has 0 atom stereocenters. The number of anilines is 1. The zero-order valence-corrected chi connectivity index (χ0v) is 15.2. The monoisotopic (exact) mass is 401 g/mol. The number of rotatable bonds is 5. The molecule has 1 aliphatic carbocycles. The van der Waals surface area contributed by atoms with E-state index in [1.54, 1.807) is 0 Å². The molecular formula is C19H17F2N5O3. The number of hydrogen-bond acceptors (Lipinski definition) is 7. The minimum absolute atomic E-state index is 0.00557. The number of carbonyl (C=O) groups is 1. The molecule has 1 fully saturated rings. The fraction of sp³-hybridized carbons (Fsp3) is 0.263. The fourth-order valence-electron chi connectivity index (χ4n) is 3.17. The second-order valence-corrected chi connectivity index (χ2v) is 7.01. The number of nitrogen functional groups attached to an aromatic ring is 1. The van der Waals surface area contributed by atoms with Crippen LogP contribution in [0.1, 0.15) is 29.6 Å². The minimum Gasteiger partial charge on any atom is -0.485 e. The number of nitrogens with two attached hydrogens (primary N) is 2. The van der Waals surface area contributed by atoms with E-state index in [4.69, 9.17) is 16.2 Å². The molecule has 0 saturated heterocycles. The van der Waals surface area contributed by atoms with Crippen LogP contribution in [0, 0.1) is 11.6 Å². The number of primary amides is 1. The summed E-state index contributed by atoms with van der Waals surface area (Å²) in [6.07, 6.45) is 3.04. The maximum absolute atomic E-state index is 14.5. The van der Waals surface area contributed by atoms with E-state index < -0.39 is 28.9 Å². The van der Waals surface area contributed by atoms with E-state index in [1.807, 2.05) is 0 Å². The van der Waals surface area contributed by atoms with Crippen molar-refractivity contribution in [2.75, 3.05) is 12.3 Å². The molecule has 0 unspecified atom stereocenters. The zero-order chi connectivity index (χ0) is 20.8.